The summed E-state index contributed by atoms with van der Waals surface area (Å²) in [5.74, 6) is -14.5. The molecule has 1 saturated heterocycles. The molecule has 1 N–H and O–H groups in total. The Morgan fingerprint density at radius 2 is 1.43 bits per heavy atom. The number of hydrogen-bond acceptors (Lipinski definition) is 5. The lowest BCUT2D eigenvalue weighted by Crippen LogP contribution is -2.54. The third kappa shape index (κ3) is 7.63. The van der Waals surface area contributed by atoms with Crippen molar-refractivity contribution >= 4 is 23.5 Å². The number of likely N-dealkylation sites (tertiary alicyclic amines) is 1. The van der Waals surface area contributed by atoms with Crippen LogP contribution in [-0.4, -0.2) is 48.5 Å². The summed E-state index contributed by atoms with van der Waals surface area (Å²) in [6, 6.07) is 7.85. The van der Waals surface area contributed by atoms with E-state index in [-0.39, 0.29) is 35.9 Å². The van der Waals surface area contributed by atoms with Crippen molar-refractivity contribution in [2.45, 2.75) is 86.6 Å². The molecule has 12 heteroatoms. The van der Waals surface area contributed by atoms with Gasteiger partial charge in [-0.25, -0.2) is 13.2 Å². The summed E-state index contributed by atoms with van der Waals surface area (Å²) in [5, 5.41) is 2.85. The fourth-order valence-electron chi connectivity index (χ4n) is 6.28. The minimum Gasteiger partial charge on any atom is -0.420 e. The molecule has 47 heavy (non-hydrogen) atoms. The second-order valence-electron chi connectivity index (χ2n) is 15.1. The Morgan fingerprint density at radius 3 is 1.96 bits per heavy atom. The van der Waals surface area contributed by atoms with E-state index in [1.165, 1.54) is 13.8 Å². The first-order chi connectivity index (χ1) is 21.7. The molecule has 0 aromatic heterocycles. The molecule has 7 nitrogen and oxygen atoms in total. The predicted molar refractivity (Wildman–Crippen MR) is 165 cm³/mol. The molecule has 1 heterocycles. The first-order valence-electron chi connectivity index (χ1n) is 15.7. The number of hydrogen-bond donors (Lipinski definition) is 1. The second-order valence-corrected chi connectivity index (χ2v) is 15.1. The van der Waals surface area contributed by atoms with Gasteiger partial charge in [-0.3, -0.25) is 14.4 Å². The van der Waals surface area contributed by atoms with Crippen LogP contribution >= 0.6 is 0 Å². The lowest BCUT2D eigenvalue weighted by molar-refractivity contribution is -0.149. The first-order valence-corrected chi connectivity index (χ1v) is 15.7. The Bertz CT molecular complexity index is 1520. The van der Waals surface area contributed by atoms with Crippen molar-refractivity contribution in [3.8, 4) is 5.75 Å². The molecular weight excluding hydrogens is 623 g/mol. The fraction of sp³-hybridized carbons (Fsp3) is 0.571. The van der Waals surface area contributed by atoms with Gasteiger partial charge in [-0.15, -0.1) is 0 Å². The number of amides is 2. The molecule has 0 spiro atoms. The number of benzene rings is 2. The number of esters is 1. The molecule has 2 aromatic carbocycles. The summed E-state index contributed by atoms with van der Waals surface area (Å²) < 4.78 is 78.4. The van der Waals surface area contributed by atoms with Gasteiger partial charge in [0.1, 0.15) is 0 Å². The molecule has 3 unspecified atom stereocenters. The van der Waals surface area contributed by atoms with Crippen molar-refractivity contribution in [2.75, 3.05) is 25.1 Å². The van der Waals surface area contributed by atoms with E-state index in [1.807, 2.05) is 29.2 Å². The van der Waals surface area contributed by atoms with E-state index in [2.05, 4.69) is 30.8 Å². The van der Waals surface area contributed by atoms with E-state index >= 15 is 0 Å². The molecule has 1 saturated carbocycles. The van der Waals surface area contributed by atoms with Gasteiger partial charge in [-0.2, -0.15) is 8.78 Å². The lowest BCUT2D eigenvalue weighted by Gasteiger charge is -2.43. The highest BCUT2D eigenvalue weighted by molar-refractivity contribution is 5.95. The highest BCUT2D eigenvalue weighted by atomic mass is 19.2. The minimum absolute atomic E-state index is 0.0173. The predicted octanol–water partition coefficient (Wildman–Crippen LogP) is 7.36. The average molecular weight is 667 g/mol. The second kappa shape index (κ2) is 13.2. The molecule has 258 valence electrons. The molecule has 2 amide bonds. The molecule has 0 bridgehead atoms. The SMILES string of the molecule is CC1CCN1C(=O)C1(C)CCC(C)(Cc2ccc(NC(=O)C(C)(C)COCC(C)(C)C(=O)Oc3c(F)c(F)c(F)c(F)c3F)cc2)C1. The summed E-state index contributed by atoms with van der Waals surface area (Å²) in [7, 11) is 0. The number of anilines is 1. The number of ether oxygens (including phenoxy) is 2. The maximum Gasteiger partial charge on any atom is 0.319 e. The van der Waals surface area contributed by atoms with Crippen molar-refractivity contribution < 1.29 is 45.8 Å². The maximum atomic E-state index is 14.0. The van der Waals surface area contributed by atoms with Gasteiger partial charge in [0.15, 0.2) is 0 Å². The normalized spacial score (nSPS) is 23.0. The largest absolute Gasteiger partial charge is 0.420 e. The molecule has 2 fully saturated rings. The van der Waals surface area contributed by atoms with Crippen LogP contribution in [0.15, 0.2) is 24.3 Å². The van der Waals surface area contributed by atoms with Crippen LogP contribution in [0.3, 0.4) is 0 Å². The summed E-state index contributed by atoms with van der Waals surface area (Å²) in [5.41, 5.74) is -1.35. The van der Waals surface area contributed by atoms with Gasteiger partial charge in [-0.1, -0.05) is 26.0 Å². The van der Waals surface area contributed by atoms with Gasteiger partial charge in [0.25, 0.3) is 0 Å². The number of halogens is 5. The molecule has 4 rings (SSSR count). The van der Waals surface area contributed by atoms with Crippen LogP contribution in [0.5, 0.6) is 5.75 Å². The molecule has 1 aliphatic carbocycles. The van der Waals surface area contributed by atoms with E-state index in [1.54, 1.807) is 13.8 Å². The maximum absolute atomic E-state index is 14.0. The van der Waals surface area contributed by atoms with E-state index in [9.17, 15) is 36.3 Å². The lowest BCUT2D eigenvalue weighted by atomic mass is 9.77. The highest BCUT2D eigenvalue weighted by Crippen LogP contribution is 2.52. The van der Waals surface area contributed by atoms with Crippen LogP contribution < -0.4 is 10.1 Å². The summed E-state index contributed by atoms with van der Waals surface area (Å²) >= 11 is 0. The van der Waals surface area contributed by atoms with E-state index < -0.39 is 51.6 Å². The molecule has 1 aliphatic heterocycles. The van der Waals surface area contributed by atoms with Gasteiger partial charge in [-0.05, 0) is 89.8 Å². The average Bonchev–Trinajstić information content (AvgIpc) is 3.31. The van der Waals surface area contributed by atoms with Crippen molar-refractivity contribution in [1.82, 2.24) is 4.90 Å². The number of nitrogens with one attached hydrogen (secondary N) is 1. The monoisotopic (exact) mass is 666 g/mol. The van der Waals surface area contributed by atoms with Crippen LogP contribution in [0.25, 0.3) is 0 Å². The number of nitrogens with zero attached hydrogens (tertiary/aromatic N) is 1. The standard InChI is InChI=1S/C35H43F5N2O5/c1-20-12-15-42(20)30(44)35(7)14-13-34(6,17-35)16-21-8-10-22(11-9-21)41-29(43)32(2,3)18-46-19-33(4,5)31(45)47-28-26(39)24(37)23(36)25(38)27(28)40/h8-11,20H,12-19H2,1-7H3,(H,41,43). The van der Waals surface area contributed by atoms with Gasteiger partial charge >= 0.3 is 5.97 Å². The van der Waals surface area contributed by atoms with Gasteiger partial charge < -0.3 is 19.7 Å². The van der Waals surface area contributed by atoms with Crippen molar-refractivity contribution in [1.29, 1.82) is 0 Å². The number of carbonyl (C=O) groups excluding carboxylic acids is 3. The summed E-state index contributed by atoms with van der Waals surface area (Å²) in [6.45, 7) is 12.5. The van der Waals surface area contributed by atoms with E-state index in [4.69, 9.17) is 4.74 Å². The quantitative estimate of drug-likeness (QED) is 0.0892. The van der Waals surface area contributed by atoms with Crippen LogP contribution in [-0.2, 0) is 25.5 Å². The van der Waals surface area contributed by atoms with Gasteiger partial charge in [0, 0.05) is 23.7 Å². The van der Waals surface area contributed by atoms with Crippen LogP contribution in [0.4, 0.5) is 27.6 Å². The van der Waals surface area contributed by atoms with Crippen molar-refractivity contribution in [2.24, 2.45) is 21.7 Å². The van der Waals surface area contributed by atoms with Crippen LogP contribution in [0.1, 0.15) is 79.7 Å². The van der Waals surface area contributed by atoms with Crippen LogP contribution in [0.2, 0.25) is 0 Å². The Morgan fingerprint density at radius 1 is 0.872 bits per heavy atom. The Hall–Kier alpha value is -3.54. The Balaban J connectivity index is 1.28. The topological polar surface area (TPSA) is 84.9 Å². The third-order valence-corrected chi connectivity index (χ3v) is 9.49. The zero-order valence-corrected chi connectivity index (χ0v) is 27.9. The molecule has 0 radical (unpaired) electrons. The smallest absolute Gasteiger partial charge is 0.319 e. The summed E-state index contributed by atoms with van der Waals surface area (Å²) in [6.07, 6.45) is 4.50. The van der Waals surface area contributed by atoms with Crippen molar-refractivity contribution in [3.63, 3.8) is 0 Å². The zero-order valence-electron chi connectivity index (χ0n) is 27.9. The minimum atomic E-state index is -2.37. The number of rotatable bonds is 11. The molecule has 2 aromatic rings. The fourth-order valence-corrected chi connectivity index (χ4v) is 6.28. The van der Waals surface area contributed by atoms with Gasteiger partial charge in [0.05, 0.1) is 24.0 Å². The highest BCUT2D eigenvalue weighted by Gasteiger charge is 2.50. The Labute approximate surface area is 272 Å². The first kappa shape index (κ1) is 36.3. The van der Waals surface area contributed by atoms with Crippen molar-refractivity contribution in [3.05, 3.63) is 58.9 Å². The zero-order chi connectivity index (χ0) is 35.1. The Kier molecular flexibility index (Phi) is 10.2. The summed E-state index contributed by atoms with van der Waals surface area (Å²) in [4.78, 5) is 40.9. The third-order valence-electron chi connectivity index (χ3n) is 9.49. The molecular formula is C35H43F5N2O5. The van der Waals surface area contributed by atoms with E-state index in [0.717, 1.165) is 44.2 Å². The van der Waals surface area contributed by atoms with Crippen LogP contribution in [0, 0.1) is 50.7 Å². The number of carbonyl (C=O) groups is 3. The molecule has 2 aliphatic rings. The van der Waals surface area contributed by atoms with Gasteiger partial charge in [0.2, 0.25) is 46.6 Å². The molecule has 3 atom stereocenters. The van der Waals surface area contributed by atoms with E-state index in [0.29, 0.717) is 11.7 Å².